The molecule has 2 fully saturated rings. The highest BCUT2D eigenvalue weighted by molar-refractivity contribution is 5.39. The van der Waals surface area contributed by atoms with Crippen molar-refractivity contribution in [2.45, 2.75) is 49.6 Å². The van der Waals surface area contributed by atoms with Crippen LogP contribution in [0.5, 0.6) is 0 Å². The third-order valence-electron chi connectivity index (χ3n) is 6.76. The van der Waals surface area contributed by atoms with Gasteiger partial charge in [-0.15, -0.1) is 0 Å². The van der Waals surface area contributed by atoms with Gasteiger partial charge in [-0.3, -0.25) is 0 Å². The Balaban J connectivity index is 1.69. The molecule has 2 saturated heterocycles. The first-order valence-corrected chi connectivity index (χ1v) is 9.67. The molecule has 2 aromatic carbocycles. The molecule has 132 valence electrons. The summed E-state index contributed by atoms with van der Waals surface area (Å²) in [5.41, 5.74) is 2.20. The van der Waals surface area contributed by atoms with Crippen LogP contribution in [-0.2, 0) is 5.41 Å². The van der Waals surface area contributed by atoms with Crippen molar-refractivity contribution in [3.8, 4) is 0 Å². The summed E-state index contributed by atoms with van der Waals surface area (Å²) in [6.45, 7) is 0.169. The van der Waals surface area contributed by atoms with Gasteiger partial charge in [0, 0.05) is 17.5 Å². The van der Waals surface area contributed by atoms with Crippen LogP contribution in [0.3, 0.4) is 0 Å². The molecule has 2 heteroatoms. The largest absolute Gasteiger partial charge is 0.395 e. The van der Waals surface area contributed by atoms with E-state index in [1.165, 1.54) is 36.8 Å². The lowest BCUT2D eigenvalue weighted by Gasteiger charge is -2.42. The second-order valence-electron chi connectivity index (χ2n) is 8.06. The Kier molecular flexibility index (Phi) is 4.66. The Hall–Kier alpha value is -1.64. The Morgan fingerprint density at radius 1 is 0.880 bits per heavy atom. The van der Waals surface area contributed by atoms with E-state index in [1.54, 1.807) is 0 Å². The monoisotopic (exact) mass is 335 g/mol. The van der Waals surface area contributed by atoms with Gasteiger partial charge in [0.2, 0.25) is 0 Å². The van der Waals surface area contributed by atoms with Crippen LogP contribution in [0, 0.1) is 5.92 Å². The van der Waals surface area contributed by atoms with Gasteiger partial charge in [0.1, 0.15) is 0 Å². The topological polar surface area (TPSA) is 23.5 Å². The molecule has 0 amide bonds. The molecule has 1 N–H and O–H groups in total. The lowest BCUT2D eigenvalue weighted by atomic mass is 9.67. The van der Waals surface area contributed by atoms with Gasteiger partial charge in [-0.1, -0.05) is 60.7 Å². The van der Waals surface area contributed by atoms with Gasteiger partial charge in [0.15, 0.2) is 0 Å². The maximum absolute atomic E-state index is 10.6. The molecule has 0 aromatic heterocycles. The van der Waals surface area contributed by atoms with E-state index in [0.29, 0.717) is 5.92 Å². The van der Waals surface area contributed by atoms with E-state index < -0.39 is 0 Å². The second-order valence-corrected chi connectivity index (χ2v) is 8.06. The number of hydrogen-bond donors (Lipinski definition) is 1. The van der Waals surface area contributed by atoms with Gasteiger partial charge in [-0.2, -0.15) is 0 Å². The molecule has 0 aliphatic carbocycles. The lowest BCUT2D eigenvalue weighted by molar-refractivity contribution is 0.105. The fraction of sp³-hybridized carbons (Fsp3) is 0.478. The highest BCUT2D eigenvalue weighted by Crippen LogP contribution is 2.45. The minimum Gasteiger partial charge on any atom is -0.395 e. The third kappa shape index (κ3) is 3.02. The van der Waals surface area contributed by atoms with Crippen molar-refractivity contribution in [2.75, 3.05) is 13.7 Å². The Morgan fingerprint density at radius 3 is 1.80 bits per heavy atom. The quantitative estimate of drug-likeness (QED) is 0.884. The summed E-state index contributed by atoms with van der Waals surface area (Å²) in [7, 11) is 2.30. The van der Waals surface area contributed by atoms with Crippen molar-refractivity contribution in [2.24, 2.45) is 5.92 Å². The molecule has 2 aromatic rings. The van der Waals surface area contributed by atoms with E-state index in [4.69, 9.17) is 0 Å². The SMILES string of the molecule is CN1[C@H]2CC[C@H]1CC(CC(CO)(c1ccccc1)c1ccccc1)C2. The number of piperidine rings is 1. The summed E-state index contributed by atoms with van der Waals surface area (Å²) in [6.07, 6.45) is 6.28. The van der Waals surface area contributed by atoms with Gasteiger partial charge in [0.05, 0.1) is 6.61 Å². The summed E-state index contributed by atoms with van der Waals surface area (Å²) in [5, 5.41) is 10.6. The fourth-order valence-electron chi connectivity index (χ4n) is 5.35. The number of hydrogen-bond acceptors (Lipinski definition) is 2. The van der Waals surface area contributed by atoms with Crippen LogP contribution in [0.2, 0.25) is 0 Å². The average Bonchev–Trinajstić information content (AvgIpc) is 2.88. The number of rotatable bonds is 5. The van der Waals surface area contributed by atoms with E-state index >= 15 is 0 Å². The Labute approximate surface area is 151 Å². The molecule has 4 rings (SSSR count). The number of nitrogens with zero attached hydrogens (tertiary/aromatic N) is 1. The molecule has 2 aliphatic heterocycles. The van der Waals surface area contributed by atoms with E-state index in [1.807, 2.05) is 0 Å². The summed E-state index contributed by atoms with van der Waals surface area (Å²) in [4.78, 5) is 2.60. The summed E-state index contributed by atoms with van der Waals surface area (Å²) < 4.78 is 0. The highest BCUT2D eigenvalue weighted by Gasteiger charge is 2.43. The van der Waals surface area contributed by atoms with Crippen molar-refractivity contribution in [1.29, 1.82) is 0 Å². The van der Waals surface area contributed by atoms with Crippen LogP contribution in [0.25, 0.3) is 0 Å². The molecular formula is C23H29NO. The molecule has 25 heavy (non-hydrogen) atoms. The maximum atomic E-state index is 10.6. The zero-order valence-electron chi connectivity index (χ0n) is 15.1. The first-order valence-electron chi connectivity index (χ1n) is 9.67. The standard InChI is InChI=1S/C23H29NO/c1-24-21-12-13-22(24)15-18(14-21)16-23(17-25,19-8-4-2-5-9-19)20-10-6-3-7-11-20/h2-11,18,21-22,25H,12-17H2,1H3/t21-,22-/m0/s1. The normalized spacial score (nSPS) is 26.7. The summed E-state index contributed by atoms with van der Waals surface area (Å²) >= 11 is 0. The molecule has 0 unspecified atom stereocenters. The van der Waals surface area contributed by atoms with E-state index in [-0.39, 0.29) is 12.0 Å². The van der Waals surface area contributed by atoms with Gasteiger partial charge in [0.25, 0.3) is 0 Å². The molecule has 0 saturated carbocycles. The Morgan fingerprint density at radius 2 is 1.36 bits per heavy atom. The number of benzene rings is 2. The van der Waals surface area contributed by atoms with Gasteiger partial charge < -0.3 is 10.0 Å². The Bertz CT molecular complexity index is 630. The molecule has 2 aliphatic rings. The average molecular weight is 335 g/mol. The zero-order chi connectivity index (χ0) is 17.3. The van der Waals surface area contributed by atoms with Crippen molar-refractivity contribution < 1.29 is 5.11 Å². The van der Waals surface area contributed by atoms with Crippen LogP contribution in [0.1, 0.15) is 43.2 Å². The van der Waals surface area contributed by atoms with E-state index in [2.05, 4.69) is 72.6 Å². The second kappa shape index (κ2) is 6.93. The third-order valence-corrected chi connectivity index (χ3v) is 6.76. The fourth-order valence-corrected chi connectivity index (χ4v) is 5.35. The summed E-state index contributed by atoms with van der Waals surface area (Å²) in [6, 6.07) is 22.8. The molecular weight excluding hydrogens is 306 g/mol. The molecule has 2 atom stereocenters. The first-order chi connectivity index (χ1) is 12.2. The van der Waals surface area contributed by atoms with Crippen LogP contribution < -0.4 is 0 Å². The van der Waals surface area contributed by atoms with Crippen molar-refractivity contribution in [3.63, 3.8) is 0 Å². The predicted octanol–water partition coefficient (Wildman–Crippen LogP) is 4.23. The van der Waals surface area contributed by atoms with Crippen LogP contribution in [0.4, 0.5) is 0 Å². The number of fused-ring (bicyclic) bond motifs is 2. The lowest BCUT2D eigenvalue weighted by Crippen LogP contribution is -2.43. The summed E-state index contributed by atoms with van der Waals surface area (Å²) in [5.74, 6) is 0.682. The smallest absolute Gasteiger partial charge is 0.0568 e. The van der Waals surface area contributed by atoms with Crippen LogP contribution in [0.15, 0.2) is 60.7 Å². The molecule has 2 heterocycles. The van der Waals surface area contributed by atoms with E-state index in [9.17, 15) is 5.11 Å². The number of aliphatic hydroxyl groups excluding tert-OH is 1. The number of aliphatic hydroxyl groups is 1. The molecule has 2 bridgehead atoms. The zero-order valence-corrected chi connectivity index (χ0v) is 15.1. The van der Waals surface area contributed by atoms with Crippen molar-refractivity contribution in [3.05, 3.63) is 71.8 Å². The maximum Gasteiger partial charge on any atom is 0.0568 e. The van der Waals surface area contributed by atoms with E-state index in [0.717, 1.165) is 18.5 Å². The minimum absolute atomic E-state index is 0.169. The van der Waals surface area contributed by atoms with Gasteiger partial charge in [-0.05, 0) is 56.2 Å². The predicted molar refractivity (Wildman–Crippen MR) is 103 cm³/mol. The minimum atomic E-state index is -0.289. The van der Waals surface area contributed by atoms with Gasteiger partial charge >= 0.3 is 0 Å². The molecule has 2 nitrogen and oxygen atoms in total. The molecule has 0 spiro atoms. The van der Waals surface area contributed by atoms with Gasteiger partial charge in [-0.25, -0.2) is 0 Å². The highest BCUT2D eigenvalue weighted by atomic mass is 16.3. The molecule has 0 radical (unpaired) electrons. The van der Waals surface area contributed by atoms with Crippen molar-refractivity contribution in [1.82, 2.24) is 4.90 Å². The van der Waals surface area contributed by atoms with Crippen LogP contribution in [-0.4, -0.2) is 35.7 Å². The van der Waals surface area contributed by atoms with Crippen LogP contribution >= 0.6 is 0 Å². The van der Waals surface area contributed by atoms with Crippen molar-refractivity contribution >= 4 is 0 Å². The first kappa shape index (κ1) is 16.8.